The first-order chi connectivity index (χ1) is 8.20. The number of rotatable bonds is 6. The van der Waals surface area contributed by atoms with Crippen LogP contribution < -0.4 is 9.47 Å². The fraction of sp³-hybridized carbons (Fsp3) is 0.500. The van der Waals surface area contributed by atoms with Gasteiger partial charge in [0.05, 0.1) is 13.7 Å². The number of hydrogen-bond acceptors (Lipinski definition) is 3. The molecule has 0 unspecified atom stereocenters. The van der Waals surface area contributed by atoms with Gasteiger partial charge in [0.2, 0.25) is 0 Å². The van der Waals surface area contributed by atoms with E-state index in [0.717, 1.165) is 24.7 Å². The molecule has 1 aliphatic carbocycles. The van der Waals surface area contributed by atoms with Crippen molar-refractivity contribution in [3.05, 3.63) is 23.8 Å². The van der Waals surface area contributed by atoms with Crippen molar-refractivity contribution in [3.63, 3.8) is 0 Å². The standard InChI is InChI=1S/C14H18O3/c1-10(15)12-5-6-13(14(9-12)16-2)17-8-7-11-3-4-11/h5-6,9,11H,3-4,7-8H2,1-2H3. The third-order valence-corrected chi connectivity index (χ3v) is 3.05. The normalized spacial score (nSPS) is 14.5. The molecule has 2 rings (SSSR count). The van der Waals surface area contributed by atoms with E-state index < -0.39 is 0 Å². The van der Waals surface area contributed by atoms with Crippen molar-refractivity contribution in [2.45, 2.75) is 26.2 Å². The van der Waals surface area contributed by atoms with Gasteiger partial charge in [0, 0.05) is 5.56 Å². The summed E-state index contributed by atoms with van der Waals surface area (Å²) in [6.45, 7) is 2.27. The molecular weight excluding hydrogens is 216 g/mol. The van der Waals surface area contributed by atoms with Gasteiger partial charge in [-0.1, -0.05) is 12.8 Å². The lowest BCUT2D eigenvalue weighted by molar-refractivity contribution is 0.101. The van der Waals surface area contributed by atoms with Crippen LogP contribution >= 0.6 is 0 Å². The minimum absolute atomic E-state index is 0.0350. The van der Waals surface area contributed by atoms with Gasteiger partial charge >= 0.3 is 0 Å². The maximum absolute atomic E-state index is 11.2. The number of Topliss-reactive ketones (excluding diaryl/α,β-unsaturated/α-hetero) is 1. The van der Waals surface area contributed by atoms with E-state index in [0.29, 0.717) is 11.3 Å². The van der Waals surface area contributed by atoms with Gasteiger partial charge in [-0.3, -0.25) is 4.79 Å². The van der Waals surface area contributed by atoms with Gasteiger partial charge in [0.25, 0.3) is 0 Å². The number of ether oxygens (including phenoxy) is 2. The predicted octanol–water partition coefficient (Wildman–Crippen LogP) is 3.08. The minimum Gasteiger partial charge on any atom is -0.493 e. The van der Waals surface area contributed by atoms with Crippen LogP contribution in [0, 0.1) is 5.92 Å². The van der Waals surface area contributed by atoms with E-state index in [-0.39, 0.29) is 5.78 Å². The Labute approximate surface area is 102 Å². The van der Waals surface area contributed by atoms with Gasteiger partial charge in [-0.2, -0.15) is 0 Å². The van der Waals surface area contributed by atoms with Gasteiger partial charge in [0.1, 0.15) is 0 Å². The number of hydrogen-bond donors (Lipinski definition) is 0. The molecule has 0 amide bonds. The molecule has 0 saturated heterocycles. The maximum Gasteiger partial charge on any atom is 0.161 e. The van der Waals surface area contributed by atoms with Crippen LogP contribution in [0.5, 0.6) is 11.5 Å². The molecule has 1 fully saturated rings. The van der Waals surface area contributed by atoms with E-state index in [1.54, 1.807) is 26.2 Å². The molecule has 0 atom stereocenters. The number of methoxy groups -OCH3 is 1. The number of carbonyl (C=O) groups is 1. The molecule has 1 aliphatic rings. The lowest BCUT2D eigenvalue weighted by Gasteiger charge is -2.11. The van der Waals surface area contributed by atoms with Crippen molar-refractivity contribution < 1.29 is 14.3 Å². The van der Waals surface area contributed by atoms with Gasteiger partial charge in [-0.15, -0.1) is 0 Å². The monoisotopic (exact) mass is 234 g/mol. The first-order valence-corrected chi connectivity index (χ1v) is 6.02. The van der Waals surface area contributed by atoms with Crippen LogP contribution in [-0.4, -0.2) is 19.5 Å². The number of carbonyl (C=O) groups excluding carboxylic acids is 1. The Bertz CT molecular complexity index is 408. The van der Waals surface area contributed by atoms with Crippen LogP contribution in [0.4, 0.5) is 0 Å². The quantitative estimate of drug-likeness (QED) is 0.709. The summed E-state index contributed by atoms with van der Waals surface area (Å²) < 4.78 is 10.9. The summed E-state index contributed by atoms with van der Waals surface area (Å²) in [5.41, 5.74) is 0.649. The fourth-order valence-electron chi connectivity index (χ4n) is 1.75. The van der Waals surface area contributed by atoms with Gasteiger partial charge in [0.15, 0.2) is 17.3 Å². The summed E-state index contributed by atoms with van der Waals surface area (Å²) in [7, 11) is 1.59. The van der Waals surface area contributed by atoms with E-state index in [1.807, 2.05) is 6.07 Å². The molecule has 0 bridgehead atoms. The van der Waals surface area contributed by atoms with Crippen LogP contribution in [0.25, 0.3) is 0 Å². The van der Waals surface area contributed by atoms with Crippen molar-refractivity contribution in [1.82, 2.24) is 0 Å². The van der Waals surface area contributed by atoms with Crippen LogP contribution in [0.15, 0.2) is 18.2 Å². The summed E-state index contributed by atoms with van der Waals surface area (Å²) in [6.07, 6.45) is 3.78. The summed E-state index contributed by atoms with van der Waals surface area (Å²) >= 11 is 0. The first-order valence-electron chi connectivity index (χ1n) is 6.02. The summed E-state index contributed by atoms with van der Waals surface area (Å²) in [4.78, 5) is 11.2. The second-order valence-electron chi connectivity index (χ2n) is 4.50. The van der Waals surface area contributed by atoms with Crippen molar-refractivity contribution in [3.8, 4) is 11.5 Å². The third-order valence-electron chi connectivity index (χ3n) is 3.05. The van der Waals surface area contributed by atoms with Crippen LogP contribution in [0.2, 0.25) is 0 Å². The fourth-order valence-corrected chi connectivity index (χ4v) is 1.75. The summed E-state index contributed by atoms with van der Waals surface area (Å²) in [5.74, 6) is 2.25. The van der Waals surface area contributed by atoms with Crippen molar-refractivity contribution >= 4 is 5.78 Å². The number of ketones is 1. The SMILES string of the molecule is COc1cc(C(C)=O)ccc1OCCC1CC1. The zero-order chi connectivity index (χ0) is 12.3. The first kappa shape index (κ1) is 12.0. The van der Waals surface area contributed by atoms with Gasteiger partial charge in [-0.05, 0) is 37.5 Å². The van der Waals surface area contributed by atoms with Crippen molar-refractivity contribution in [2.75, 3.05) is 13.7 Å². The largest absolute Gasteiger partial charge is 0.493 e. The van der Waals surface area contributed by atoms with Gasteiger partial charge in [-0.25, -0.2) is 0 Å². The Hall–Kier alpha value is -1.51. The maximum atomic E-state index is 11.2. The molecular formula is C14H18O3. The van der Waals surface area contributed by atoms with E-state index in [4.69, 9.17) is 9.47 Å². The minimum atomic E-state index is 0.0350. The van der Waals surface area contributed by atoms with E-state index in [9.17, 15) is 4.79 Å². The lowest BCUT2D eigenvalue weighted by atomic mass is 10.1. The topological polar surface area (TPSA) is 35.5 Å². The molecule has 1 aromatic rings. The molecule has 3 nitrogen and oxygen atoms in total. The van der Waals surface area contributed by atoms with Crippen LogP contribution in [0.1, 0.15) is 36.5 Å². The highest BCUT2D eigenvalue weighted by Gasteiger charge is 2.21. The van der Waals surface area contributed by atoms with E-state index in [1.165, 1.54) is 12.8 Å². The van der Waals surface area contributed by atoms with Crippen molar-refractivity contribution in [1.29, 1.82) is 0 Å². The molecule has 3 heteroatoms. The van der Waals surface area contributed by atoms with E-state index in [2.05, 4.69) is 0 Å². The molecule has 0 radical (unpaired) electrons. The molecule has 1 saturated carbocycles. The van der Waals surface area contributed by atoms with Crippen LogP contribution in [0.3, 0.4) is 0 Å². The molecule has 0 N–H and O–H groups in total. The average Bonchev–Trinajstić information content (AvgIpc) is 3.13. The zero-order valence-corrected chi connectivity index (χ0v) is 10.4. The Balaban J connectivity index is 2.01. The van der Waals surface area contributed by atoms with Crippen molar-refractivity contribution in [2.24, 2.45) is 5.92 Å². The van der Waals surface area contributed by atoms with Crippen LogP contribution in [-0.2, 0) is 0 Å². The molecule has 92 valence electrons. The second-order valence-corrected chi connectivity index (χ2v) is 4.50. The molecule has 0 heterocycles. The summed E-state index contributed by atoms with van der Waals surface area (Å²) in [6, 6.07) is 5.31. The Morgan fingerprint density at radius 1 is 1.35 bits per heavy atom. The van der Waals surface area contributed by atoms with E-state index >= 15 is 0 Å². The lowest BCUT2D eigenvalue weighted by Crippen LogP contribution is -2.01. The highest BCUT2D eigenvalue weighted by molar-refractivity contribution is 5.94. The second kappa shape index (κ2) is 5.21. The Kier molecular flexibility index (Phi) is 3.67. The Morgan fingerprint density at radius 2 is 2.12 bits per heavy atom. The molecule has 0 aromatic heterocycles. The molecule has 1 aromatic carbocycles. The Morgan fingerprint density at radius 3 is 2.71 bits per heavy atom. The smallest absolute Gasteiger partial charge is 0.161 e. The zero-order valence-electron chi connectivity index (χ0n) is 10.4. The highest BCUT2D eigenvalue weighted by atomic mass is 16.5. The third kappa shape index (κ3) is 3.22. The molecule has 17 heavy (non-hydrogen) atoms. The molecule has 0 spiro atoms. The number of benzene rings is 1. The predicted molar refractivity (Wildman–Crippen MR) is 65.8 cm³/mol. The highest BCUT2D eigenvalue weighted by Crippen LogP contribution is 2.33. The summed E-state index contributed by atoms with van der Waals surface area (Å²) in [5, 5.41) is 0. The van der Waals surface area contributed by atoms with Gasteiger partial charge < -0.3 is 9.47 Å². The average molecular weight is 234 g/mol. The molecule has 0 aliphatic heterocycles.